The Morgan fingerprint density at radius 3 is 2.50 bits per heavy atom. The molecule has 0 atom stereocenters. The topological polar surface area (TPSA) is 0 Å². The van der Waals surface area contributed by atoms with E-state index in [9.17, 15) is 0 Å². The molecule has 0 bridgehead atoms. The van der Waals surface area contributed by atoms with E-state index in [1.54, 1.807) is 11.8 Å². The van der Waals surface area contributed by atoms with E-state index < -0.39 is 0 Å². The van der Waals surface area contributed by atoms with Gasteiger partial charge in [0.2, 0.25) is 0 Å². The first kappa shape index (κ1) is 15.5. The predicted octanol–water partition coefficient (Wildman–Crippen LogP) is 5.03. The number of thioether (sulfide) groups is 2. The van der Waals surface area contributed by atoms with Crippen molar-refractivity contribution in [1.82, 2.24) is 0 Å². The summed E-state index contributed by atoms with van der Waals surface area (Å²) >= 11 is 3.69. The third-order valence-corrected chi connectivity index (χ3v) is 4.15. The van der Waals surface area contributed by atoms with Crippen LogP contribution in [-0.2, 0) is 0 Å². The van der Waals surface area contributed by atoms with E-state index in [0.29, 0.717) is 0 Å². The quantitative estimate of drug-likeness (QED) is 0.599. The lowest BCUT2D eigenvalue weighted by Gasteiger charge is -2.14. The van der Waals surface area contributed by atoms with Crippen LogP contribution in [0.1, 0.15) is 12.8 Å². The monoisotopic (exact) mass is 278 g/mol. The molecule has 18 heavy (non-hydrogen) atoms. The summed E-state index contributed by atoms with van der Waals surface area (Å²) in [6.07, 6.45) is 15.2. The summed E-state index contributed by atoms with van der Waals surface area (Å²) < 4.78 is 0. The largest absolute Gasteiger partial charge is 0.161 e. The molecule has 0 fully saturated rings. The molecule has 0 N–H and O–H groups in total. The van der Waals surface area contributed by atoms with Gasteiger partial charge in [0.25, 0.3) is 0 Å². The molecular formula is C16H22S2. The van der Waals surface area contributed by atoms with Gasteiger partial charge >= 0.3 is 0 Å². The predicted molar refractivity (Wildman–Crippen MR) is 89.6 cm³/mol. The standard InChI is InChI=1S/C16H22S2/c1-13(11-17-3)5-6-14(2)16-9-7-15(8-10-16)12-18-4/h5-7,9H,1-2,8,10-12H2,3-4H3/b6-5-. The Balaban J connectivity index is 2.56. The SMILES string of the molecule is C=C(/C=C\C(=C)C1=CC=C(CSC)CC1)CSC. The van der Waals surface area contributed by atoms with Crippen LogP contribution in [0.4, 0.5) is 0 Å². The van der Waals surface area contributed by atoms with E-state index in [2.05, 4.69) is 50.0 Å². The highest BCUT2D eigenvalue weighted by Gasteiger charge is 2.07. The van der Waals surface area contributed by atoms with Crippen LogP contribution < -0.4 is 0 Å². The Labute approximate surface area is 120 Å². The summed E-state index contributed by atoms with van der Waals surface area (Å²) in [5.41, 5.74) is 5.17. The third-order valence-electron chi connectivity index (χ3n) is 2.83. The first-order chi connectivity index (χ1) is 8.67. The zero-order valence-corrected chi connectivity index (χ0v) is 13.0. The fourth-order valence-electron chi connectivity index (χ4n) is 1.81. The van der Waals surface area contributed by atoms with Crippen molar-refractivity contribution in [3.05, 3.63) is 59.8 Å². The molecule has 0 aromatic heterocycles. The molecule has 0 amide bonds. The van der Waals surface area contributed by atoms with E-state index in [-0.39, 0.29) is 0 Å². The zero-order valence-electron chi connectivity index (χ0n) is 11.4. The fraction of sp³-hybridized carbons (Fsp3) is 0.375. The van der Waals surface area contributed by atoms with Crippen LogP contribution in [0.5, 0.6) is 0 Å². The molecule has 2 heteroatoms. The van der Waals surface area contributed by atoms with Crippen LogP contribution in [0, 0.1) is 0 Å². The minimum atomic E-state index is 0.987. The second kappa shape index (κ2) is 8.49. The van der Waals surface area contributed by atoms with Gasteiger partial charge in [-0.15, -0.1) is 0 Å². The molecule has 0 aromatic rings. The maximum absolute atomic E-state index is 4.14. The lowest BCUT2D eigenvalue weighted by atomic mass is 9.94. The summed E-state index contributed by atoms with van der Waals surface area (Å²) in [5.74, 6) is 2.14. The second-order valence-corrected chi connectivity index (χ2v) is 6.13. The van der Waals surface area contributed by atoms with Gasteiger partial charge in [0, 0.05) is 11.5 Å². The van der Waals surface area contributed by atoms with Gasteiger partial charge in [0.05, 0.1) is 0 Å². The first-order valence-corrected chi connectivity index (χ1v) is 8.87. The molecular weight excluding hydrogens is 256 g/mol. The van der Waals surface area contributed by atoms with E-state index in [1.807, 2.05) is 11.8 Å². The zero-order chi connectivity index (χ0) is 13.4. The van der Waals surface area contributed by atoms with Gasteiger partial charge in [-0.1, -0.05) is 43.0 Å². The van der Waals surface area contributed by atoms with Gasteiger partial charge in [0.15, 0.2) is 0 Å². The lowest BCUT2D eigenvalue weighted by molar-refractivity contribution is 0.923. The van der Waals surface area contributed by atoms with Crippen molar-refractivity contribution >= 4 is 23.5 Å². The van der Waals surface area contributed by atoms with Crippen molar-refractivity contribution in [2.24, 2.45) is 0 Å². The van der Waals surface area contributed by atoms with Crippen LogP contribution >= 0.6 is 23.5 Å². The van der Waals surface area contributed by atoms with Crippen molar-refractivity contribution in [3.8, 4) is 0 Å². The number of hydrogen-bond acceptors (Lipinski definition) is 2. The minimum absolute atomic E-state index is 0.987. The van der Waals surface area contributed by atoms with Gasteiger partial charge in [-0.3, -0.25) is 0 Å². The Kier molecular flexibility index (Phi) is 7.29. The van der Waals surface area contributed by atoms with E-state index in [1.165, 1.54) is 17.6 Å². The van der Waals surface area contributed by atoms with Crippen LogP contribution in [0.25, 0.3) is 0 Å². The highest BCUT2D eigenvalue weighted by molar-refractivity contribution is 7.98. The molecule has 0 aromatic carbocycles. The minimum Gasteiger partial charge on any atom is -0.161 e. The molecule has 0 nitrogen and oxygen atoms in total. The molecule has 1 rings (SSSR count). The normalized spacial score (nSPS) is 15.4. The van der Waals surface area contributed by atoms with Crippen molar-refractivity contribution in [1.29, 1.82) is 0 Å². The van der Waals surface area contributed by atoms with Crippen LogP contribution in [0.15, 0.2) is 59.8 Å². The summed E-state index contributed by atoms with van der Waals surface area (Å²) in [6, 6.07) is 0. The highest BCUT2D eigenvalue weighted by Crippen LogP contribution is 2.25. The summed E-state index contributed by atoms with van der Waals surface area (Å²) in [7, 11) is 0. The molecule has 0 heterocycles. The summed E-state index contributed by atoms with van der Waals surface area (Å²) in [4.78, 5) is 0. The van der Waals surface area contributed by atoms with Gasteiger partial charge in [-0.25, -0.2) is 0 Å². The van der Waals surface area contributed by atoms with Crippen molar-refractivity contribution in [2.75, 3.05) is 24.0 Å². The van der Waals surface area contributed by atoms with Crippen molar-refractivity contribution in [2.45, 2.75) is 12.8 Å². The number of allylic oxidation sites excluding steroid dienone is 6. The Hall–Kier alpha value is -0.600. The van der Waals surface area contributed by atoms with Crippen LogP contribution in [0.3, 0.4) is 0 Å². The highest BCUT2D eigenvalue weighted by atomic mass is 32.2. The van der Waals surface area contributed by atoms with Gasteiger partial charge in [0.1, 0.15) is 0 Å². The average Bonchev–Trinajstić information content (AvgIpc) is 2.37. The second-order valence-electron chi connectivity index (χ2n) is 4.40. The molecule has 0 radical (unpaired) electrons. The van der Waals surface area contributed by atoms with Crippen LogP contribution in [-0.4, -0.2) is 24.0 Å². The molecule has 1 aliphatic carbocycles. The Morgan fingerprint density at radius 1 is 1.17 bits per heavy atom. The number of hydrogen-bond donors (Lipinski definition) is 0. The first-order valence-electron chi connectivity index (χ1n) is 6.09. The molecule has 0 spiro atoms. The molecule has 0 saturated carbocycles. The fourth-order valence-corrected chi connectivity index (χ4v) is 2.89. The molecule has 0 unspecified atom stereocenters. The third kappa shape index (κ3) is 5.36. The summed E-state index contributed by atoms with van der Waals surface area (Å²) in [5, 5.41) is 0. The maximum Gasteiger partial charge on any atom is 0.0175 e. The maximum atomic E-state index is 4.14. The van der Waals surface area contributed by atoms with Crippen molar-refractivity contribution in [3.63, 3.8) is 0 Å². The Bertz CT molecular complexity index is 397. The summed E-state index contributed by atoms with van der Waals surface area (Å²) in [6.45, 7) is 8.16. The smallest absolute Gasteiger partial charge is 0.0175 e. The van der Waals surface area contributed by atoms with Gasteiger partial charge in [-0.05, 0) is 42.1 Å². The van der Waals surface area contributed by atoms with E-state index in [0.717, 1.165) is 29.1 Å². The number of rotatable bonds is 7. The molecule has 98 valence electrons. The van der Waals surface area contributed by atoms with Crippen molar-refractivity contribution < 1.29 is 0 Å². The lowest BCUT2D eigenvalue weighted by Crippen LogP contribution is -1.97. The van der Waals surface area contributed by atoms with Crippen LogP contribution in [0.2, 0.25) is 0 Å². The van der Waals surface area contributed by atoms with Gasteiger partial charge in [-0.2, -0.15) is 23.5 Å². The Morgan fingerprint density at radius 2 is 1.94 bits per heavy atom. The van der Waals surface area contributed by atoms with E-state index in [4.69, 9.17) is 0 Å². The van der Waals surface area contributed by atoms with E-state index >= 15 is 0 Å². The van der Waals surface area contributed by atoms with Gasteiger partial charge < -0.3 is 0 Å². The molecule has 1 aliphatic rings. The molecule has 0 saturated heterocycles. The molecule has 0 aliphatic heterocycles. The average molecular weight is 278 g/mol.